The van der Waals surface area contributed by atoms with Crippen LogP contribution in [0.4, 0.5) is 11.4 Å². The molecule has 1 aromatic heterocycles. The van der Waals surface area contributed by atoms with Gasteiger partial charge in [0.15, 0.2) is 9.84 Å². The molecule has 0 amide bonds. The number of non-ortho nitro benzene ring substituents is 1. The van der Waals surface area contributed by atoms with Gasteiger partial charge in [-0.05, 0) is 26.3 Å². The van der Waals surface area contributed by atoms with Crippen LogP contribution in [0.5, 0.6) is 0 Å². The van der Waals surface area contributed by atoms with E-state index in [1.165, 1.54) is 12.1 Å². The molecule has 0 saturated carbocycles. The second kappa shape index (κ2) is 7.12. The van der Waals surface area contributed by atoms with E-state index in [1.54, 1.807) is 6.07 Å². The van der Waals surface area contributed by atoms with Crippen molar-refractivity contribution < 1.29 is 13.3 Å². The second-order valence-corrected chi connectivity index (χ2v) is 9.54. The number of halogens is 1. The second-order valence-electron chi connectivity index (χ2n) is 6.90. The van der Waals surface area contributed by atoms with Gasteiger partial charge in [0.2, 0.25) is 0 Å². The van der Waals surface area contributed by atoms with Crippen molar-refractivity contribution in [3.63, 3.8) is 0 Å². The van der Waals surface area contributed by atoms with Gasteiger partial charge < -0.3 is 4.90 Å². The van der Waals surface area contributed by atoms with Crippen LogP contribution < -0.4 is 4.90 Å². The average Bonchev–Trinajstić information content (AvgIpc) is 3.08. The number of sulfone groups is 1. The summed E-state index contributed by atoms with van der Waals surface area (Å²) in [4.78, 5) is 12.3. The highest BCUT2D eigenvalue weighted by Crippen LogP contribution is 2.32. The topological polar surface area (TPSA) is 98.3 Å². The minimum Gasteiger partial charge on any atom is -0.369 e. The van der Waals surface area contributed by atoms with E-state index in [2.05, 4.69) is 5.10 Å². The highest BCUT2D eigenvalue weighted by atomic mass is 35.5. The van der Waals surface area contributed by atoms with Crippen LogP contribution in [-0.2, 0) is 16.4 Å². The van der Waals surface area contributed by atoms with E-state index in [0.717, 1.165) is 17.0 Å². The van der Waals surface area contributed by atoms with Gasteiger partial charge in [-0.25, -0.2) is 8.42 Å². The molecule has 0 bridgehead atoms. The molecule has 1 aliphatic rings. The molecule has 2 aromatic rings. The molecule has 27 heavy (non-hydrogen) atoms. The van der Waals surface area contributed by atoms with Gasteiger partial charge in [0, 0.05) is 37.0 Å². The monoisotopic (exact) mass is 412 g/mol. The fourth-order valence-electron chi connectivity index (χ4n) is 3.49. The summed E-state index contributed by atoms with van der Waals surface area (Å²) in [6.45, 7) is 4.34. The van der Waals surface area contributed by atoms with Crippen molar-refractivity contribution in [3.8, 4) is 0 Å². The molecule has 0 spiro atoms. The van der Waals surface area contributed by atoms with Gasteiger partial charge >= 0.3 is 0 Å². The van der Waals surface area contributed by atoms with Crippen molar-refractivity contribution in [1.29, 1.82) is 0 Å². The average molecular weight is 413 g/mol. The molecule has 1 aliphatic heterocycles. The number of rotatable bonds is 5. The predicted octanol–water partition coefficient (Wildman–Crippen LogP) is 3.06. The molecule has 0 radical (unpaired) electrons. The standard InChI is InChI=1S/C17H21ClN4O4S/c1-11-15(12(2)21(19-11)14-6-7-27(25,26)10-14)9-20(3)17-5-4-13(22(23)24)8-16(17)18/h4-5,8,14H,6-7,9-10H2,1-3H3. The van der Waals surface area contributed by atoms with E-state index in [1.807, 2.05) is 30.5 Å². The Labute approximate surface area is 162 Å². The van der Waals surface area contributed by atoms with E-state index < -0.39 is 14.8 Å². The smallest absolute Gasteiger partial charge is 0.271 e. The molecule has 1 saturated heterocycles. The largest absolute Gasteiger partial charge is 0.369 e. The van der Waals surface area contributed by atoms with Gasteiger partial charge in [-0.1, -0.05) is 11.6 Å². The molecule has 3 rings (SSSR count). The highest BCUT2D eigenvalue weighted by molar-refractivity contribution is 7.91. The molecule has 1 unspecified atom stereocenters. The maximum Gasteiger partial charge on any atom is 0.271 e. The summed E-state index contributed by atoms with van der Waals surface area (Å²) in [5.74, 6) is 0.322. The number of hydrogen-bond acceptors (Lipinski definition) is 6. The van der Waals surface area contributed by atoms with Crippen molar-refractivity contribution in [1.82, 2.24) is 9.78 Å². The zero-order valence-electron chi connectivity index (χ0n) is 15.3. The van der Waals surface area contributed by atoms with Crippen LogP contribution in [-0.4, -0.2) is 41.7 Å². The van der Waals surface area contributed by atoms with Gasteiger partial charge in [0.1, 0.15) is 0 Å². The van der Waals surface area contributed by atoms with E-state index in [-0.39, 0.29) is 23.2 Å². The fourth-order valence-corrected chi connectivity index (χ4v) is 5.50. The lowest BCUT2D eigenvalue weighted by Crippen LogP contribution is -2.18. The van der Waals surface area contributed by atoms with E-state index in [4.69, 9.17) is 11.6 Å². The van der Waals surface area contributed by atoms with Crippen LogP contribution in [0, 0.1) is 24.0 Å². The molecule has 8 nitrogen and oxygen atoms in total. The fraction of sp³-hybridized carbons (Fsp3) is 0.471. The molecule has 1 atom stereocenters. The summed E-state index contributed by atoms with van der Waals surface area (Å²) < 4.78 is 25.4. The number of anilines is 1. The Morgan fingerprint density at radius 3 is 2.67 bits per heavy atom. The third kappa shape index (κ3) is 3.93. The van der Waals surface area contributed by atoms with E-state index in [0.29, 0.717) is 23.7 Å². The molecule has 10 heteroatoms. The van der Waals surface area contributed by atoms with Gasteiger partial charge in [0.25, 0.3) is 5.69 Å². The van der Waals surface area contributed by atoms with Crippen molar-refractivity contribution in [2.45, 2.75) is 32.9 Å². The van der Waals surface area contributed by atoms with Gasteiger partial charge in [-0.2, -0.15) is 5.10 Å². The number of nitro benzene ring substituents is 1. The van der Waals surface area contributed by atoms with Crippen molar-refractivity contribution in [3.05, 3.63) is 50.3 Å². The first-order valence-corrected chi connectivity index (χ1v) is 10.7. The molecule has 0 N–H and O–H groups in total. The quantitative estimate of drug-likeness (QED) is 0.552. The molecular formula is C17H21ClN4O4S. The van der Waals surface area contributed by atoms with Gasteiger partial charge in [-0.15, -0.1) is 0 Å². The van der Waals surface area contributed by atoms with Gasteiger partial charge in [0.05, 0.1) is 38.9 Å². The Balaban J connectivity index is 1.85. The number of aryl methyl sites for hydroxylation is 1. The zero-order chi connectivity index (χ0) is 19.9. The molecule has 2 heterocycles. The Kier molecular flexibility index (Phi) is 5.18. The predicted molar refractivity (Wildman–Crippen MR) is 104 cm³/mol. The summed E-state index contributed by atoms with van der Waals surface area (Å²) in [5.41, 5.74) is 3.38. The Bertz CT molecular complexity index is 1000. The molecule has 0 aliphatic carbocycles. The Morgan fingerprint density at radius 2 is 2.11 bits per heavy atom. The summed E-state index contributed by atoms with van der Waals surface area (Å²) in [6.07, 6.45) is 0.577. The molecule has 146 valence electrons. The first kappa shape index (κ1) is 19.6. The highest BCUT2D eigenvalue weighted by Gasteiger charge is 2.31. The SMILES string of the molecule is Cc1nn(C2CCS(=O)(=O)C2)c(C)c1CN(C)c1ccc([N+](=O)[O-])cc1Cl. The minimum atomic E-state index is -2.99. The summed E-state index contributed by atoms with van der Waals surface area (Å²) in [5, 5.41) is 15.7. The Hall–Kier alpha value is -2.13. The first-order chi connectivity index (χ1) is 12.6. The number of nitrogens with zero attached hydrogens (tertiary/aromatic N) is 4. The maximum atomic E-state index is 11.8. The van der Waals surface area contributed by atoms with Crippen LogP contribution in [0.3, 0.4) is 0 Å². The van der Waals surface area contributed by atoms with Crippen LogP contribution in [0.25, 0.3) is 0 Å². The number of hydrogen-bond donors (Lipinski definition) is 0. The van der Waals surface area contributed by atoms with Crippen molar-refractivity contribution in [2.75, 3.05) is 23.5 Å². The molecular weight excluding hydrogens is 392 g/mol. The van der Waals surface area contributed by atoms with E-state index in [9.17, 15) is 18.5 Å². The number of benzene rings is 1. The lowest BCUT2D eigenvalue weighted by Gasteiger charge is -2.21. The molecule has 1 aromatic carbocycles. The van der Waals surface area contributed by atoms with Crippen LogP contribution >= 0.6 is 11.6 Å². The minimum absolute atomic E-state index is 0.0558. The lowest BCUT2D eigenvalue weighted by atomic mass is 10.1. The summed E-state index contributed by atoms with van der Waals surface area (Å²) in [6, 6.07) is 4.25. The van der Waals surface area contributed by atoms with Gasteiger partial charge in [-0.3, -0.25) is 14.8 Å². The normalized spacial score (nSPS) is 18.6. The van der Waals surface area contributed by atoms with Crippen LogP contribution in [0.1, 0.15) is 29.4 Å². The first-order valence-electron chi connectivity index (χ1n) is 8.49. The van der Waals surface area contributed by atoms with Crippen LogP contribution in [0.15, 0.2) is 18.2 Å². The van der Waals surface area contributed by atoms with Crippen molar-refractivity contribution in [2.24, 2.45) is 0 Å². The summed E-state index contributed by atoms with van der Waals surface area (Å²) >= 11 is 6.22. The van der Waals surface area contributed by atoms with Crippen LogP contribution in [0.2, 0.25) is 5.02 Å². The summed E-state index contributed by atoms with van der Waals surface area (Å²) in [7, 11) is -1.14. The van der Waals surface area contributed by atoms with E-state index >= 15 is 0 Å². The lowest BCUT2D eigenvalue weighted by molar-refractivity contribution is -0.384. The molecule has 1 fully saturated rings. The zero-order valence-corrected chi connectivity index (χ0v) is 16.9. The number of nitro groups is 1. The Morgan fingerprint density at radius 1 is 1.41 bits per heavy atom. The third-order valence-corrected chi connectivity index (χ3v) is 7.03. The van der Waals surface area contributed by atoms with Crippen molar-refractivity contribution >= 4 is 32.8 Å². The third-order valence-electron chi connectivity index (χ3n) is 4.98. The number of aromatic nitrogens is 2. The maximum absolute atomic E-state index is 11.8.